The van der Waals surface area contributed by atoms with Gasteiger partial charge in [-0.3, -0.25) is 0 Å². The third-order valence-electron chi connectivity index (χ3n) is 2.52. The van der Waals surface area contributed by atoms with Crippen molar-refractivity contribution in [1.82, 2.24) is 0 Å². The Kier molecular flexibility index (Phi) is 6.13. The van der Waals surface area contributed by atoms with Gasteiger partial charge in [0.15, 0.2) is 0 Å². The summed E-state index contributed by atoms with van der Waals surface area (Å²) in [6.45, 7) is 0. The van der Waals surface area contributed by atoms with Gasteiger partial charge in [0.05, 0.1) is 0 Å². The molecule has 10 nitrogen and oxygen atoms in total. The molecular weight excluding hydrogens is 280 g/mol. The second-order valence-corrected chi connectivity index (χ2v) is 3.85. The van der Waals surface area contributed by atoms with Crippen LogP contribution in [0.5, 0.6) is 0 Å². The van der Waals surface area contributed by atoms with Crippen LogP contribution in [-0.4, -0.2) is 29.8 Å². The lowest BCUT2D eigenvalue weighted by Gasteiger charge is -2.36. The van der Waals surface area contributed by atoms with Crippen LogP contribution in [0.3, 0.4) is 0 Å². The smallest absolute Gasteiger partial charge is 0.0458 e. The predicted octanol–water partition coefficient (Wildman–Crippen LogP) is -7.64. The fourth-order valence-electron chi connectivity index (χ4n) is 1.68. The molecule has 0 aliphatic rings. The Morgan fingerprint density at radius 1 is 0.600 bits per heavy atom. The minimum atomic E-state index is -2.49. The van der Waals surface area contributed by atoms with Crippen molar-refractivity contribution in [2.75, 3.05) is 0 Å². The van der Waals surface area contributed by atoms with Gasteiger partial charge >= 0.3 is 0 Å². The van der Waals surface area contributed by atoms with Crippen molar-refractivity contribution in [1.29, 1.82) is 0 Å². The van der Waals surface area contributed by atoms with Crippen LogP contribution in [0, 0.1) is 17.8 Å². The normalized spacial score (nSPS) is 14.8. The zero-order valence-corrected chi connectivity index (χ0v) is 9.73. The van der Waals surface area contributed by atoms with Gasteiger partial charge in [-0.25, -0.2) is 0 Å². The molecule has 0 rings (SSSR count). The SMILES string of the molecule is O=C([O-])CC(C(=O)[O-])C(C(=O)[O-])C(CC(=O)[O-])C(=O)[O-]. The maximum atomic E-state index is 10.8. The third-order valence-corrected chi connectivity index (χ3v) is 2.52. The first-order valence-electron chi connectivity index (χ1n) is 5.10. The number of hydrogen-bond donors (Lipinski definition) is 0. The fraction of sp³-hybridized carbons (Fsp3) is 0.500. The summed E-state index contributed by atoms with van der Waals surface area (Å²) in [4.78, 5) is 53.0. The van der Waals surface area contributed by atoms with E-state index in [0.717, 1.165) is 0 Å². The highest BCUT2D eigenvalue weighted by atomic mass is 16.4. The molecule has 112 valence electrons. The van der Waals surface area contributed by atoms with Gasteiger partial charge in [0, 0.05) is 47.6 Å². The zero-order chi connectivity index (χ0) is 16.0. The van der Waals surface area contributed by atoms with Gasteiger partial charge < -0.3 is 49.5 Å². The number of rotatable bonds is 9. The third kappa shape index (κ3) is 4.92. The van der Waals surface area contributed by atoms with Gasteiger partial charge in [-0.2, -0.15) is 0 Å². The topological polar surface area (TPSA) is 201 Å². The van der Waals surface area contributed by atoms with Gasteiger partial charge in [-0.1, -0.05) is 0 Å². The van der Waals surface area contributed by atoms with E-state index >= 15 is 0 Å². The molecule has 0 aromatic heterocycles. The van der Waals surface area contributed by atoms with Gasteiger partial charge in [0.1, 0.15) is 0 Å². The average Bonchev–Trinajstić information content (AvgIpc) is 2.24. The summed E-state index contributed by atoms with van der Waals surface area (Å²) in [5, 5.41) is 53.0. The molecule has 0 aliphatic carbocycles. The number of carbonyl (C=O) groups is 5. The largest absolute Gasteiger partial charge is 0.550 e. The molecule has 0 radical (unpaired) electrons. The highest BCUT2D eigenvalue weighted by Gasteiger charge is 2.32. The van der Waals surface area contributed by atoms with E-state index in [1.807, 2.05) is 0 Å². The molecule has 20 heavy (non-hydrogen) atoms. The molecule has 0 fully saturated rings. The van der Waals surface area contributed by atoms with E-state index in [0.29, 0.717) is 0 Å². The van der Waals surface area contributed by atoms with Crippen molar-refractivity contribution < 1.29 is 49.5 Å². The Morgan fingerprint density at radius 3 is 1.05 bits per heavy atom. The second kappa shape index (κ2) is 7.07. The summed E-state index contributed by atoms with van der Waals surface area (Å²) in [5.74, 6) is -17.8. The molecule has 0 N–H and O–H groups in total. The van der Waals surface area contributed by atoms with Crippen LogP contribution in [0.1, 0.15) is 12.8 Å². The summed E-state index contributed by atoms with van der Waals surface area (Å²) < 4.78 is 0. The summed E-state index contributed by atoms with van der Waals surface area (Å²) in [6.07, 6.45) is -2.78. The number of hydrogen-bond acceptors (Lipinski definition) is 10. The lowest BCUT2D eigenvalue weighted by molar-refractivity contribution is -0.341. The van der Waals surface area contributed by atoms with Crippen molar-refractivity contribution in [2.24, 2.45) is 17.8 Å². The zero-order valence-electron chi connectivity index (χ0n) is 9.73. The first-order chi connectivity index (χ1) is 9.07. The first kappa shape index (κ1) is 17.4. The molecule has 10 heteroatoms. The van der Waals surface area contributed by atoms with Crippen LogP contribution < -0.4 is 25.5 Å². The van der Waals surface area contributed by atoms with Crippen molar-refractivity contribution >= 4 is 29.8 Å². The maximum absolute atomic E-state index is 10.8. The molecule has 0 heterocycles. The molecule has 2 unspecified atom stereocenters. The highest BCUT2D eigenvalue weighted by molar-refractivity contribution is 5.87. The number of carboxylic acids is 5. The van der Waals surface area contributed by atoms with Crippen LogP contribution in [-0.2, 0) is 24.0 Å². The van der Waals surface area contributed by atoms with E-state index in [1.165, 1.54) is 0 Å². The first-order valence-corrected chi connectivity index (χ1v) is 5.10. The standard InChI is InChI=1S/C10H12O10/c11-5(12)1-3(8(15)16)7(10(19)20)4(9(17)18)2-6(13)14/h3-4,7H,1-2H2,(H,11,12)(H,13,14)(H,15,16)(H,17,18)(H,19,20)/p-5. The number of carboxylic acid groups (broad SMARTS) is 5. The predicted molar refractivity (Wildman–Crippen MR) is 44.7 cm³/mol. The van der Waals surface area contributed by atoms with E-state index in [2.05, 4.69) is 0 Å². The van der Waals surface area contributed by atoms with Crippen molar-refractivity contribution in [3.8, 4) is 0 Å². The highest BCUT2D eigenvalue weighted by Crippen LogP contribution is 2.26. The minimum absolute atomic E-state index is 1.39. The van der Waals surface area contributed by atoms with Crippen LogP contribution >= 0.6 is 0 Å². The van der Waals surface area contributed by atoms with E-state index in [9.17, 15) is 49.5 Å². The molecule has 0 aromatic rings. The molecule has 2 atom stereocenters. The van der Waals surface area contributed by atoms with Crippen molar-refractivity contribution in [2.45, 2.75) is 12.8 Å². The van der Waals surface area contributed by atoms with Gasteiger partial charge in [0.2, 0.25) is 0 Å². The summed E-state index contributed by atoms with van der Waals surface area (Å²) in [7, 11) is 0. The molecule has 0 spiro atoms. The van der Waals surface area contributed by atoms with Crippen LogP contribution in [0.25, 0.3) is 0 Å². The Balaban J connectivity index is 5.59. The monoisotopic (exact) mass is 287 g/mol. The Morgan fingerprint density at radius 2 is 0.900 bits per heavy atom. The van der Waals surface area contributed by atoms with Gasteiger partial charge in [-0.05, 0) is 12.8 Å². The molecule has 0 bridgehead atoms. The molecule has 0 saturated heterocycles. The molecule has 0 amide bonds. The van der Waals surface area contributed by atoms with E-state index < -0.39 is 60.4 Å². The Bertz CT molecular complexity index is 405. The quantitative estimate of drug-likeness (QED) is 0.391. The van der Waals surface area contributed by atoms with Crippen molar-refractivity contribution in [3.63, 3.8) is 0 Å². The number of aliphatic carboxylic acids is 5. The maximum Gasteiger partial charge on any atom is 0.0458 e. The summed E-state index contributed by atoms with van der Waals surface area (Å²) in [6, 6.07) is 0. The molecular formula is C10H7O10-5. The molecule has 0 aliphatic heterocycles. The fourth-order valence-corrected chi connectivity index (χ4v) is 1.68. The molecule has 0 saturated carbocycles. The lowest BCUT2D eigenvalue weighted by Crippen LogP contribution is -2.53. The Hall–Kier alpha value is -2.65. The van der Waals surface area contributed by atoms with E-state index in [1.54, 1.807) is 0 Å². The van der Waals surface area contributed by atoms with Crippen LogP contribution in [0.2, 0.25) is 0 Å². The summed E-state index contributed by atoms with van der Waals surface area (Å²) in [5.41, 5.74) is 0. The van der Waals surface area contributed by atoms with Gasteiger partial charge in [-0.15, -0.1) is 0 Å². The Labute approximate surface area is 111 Å². The summed E-state index contributed by atoms with van der Waals surface area (Å²) >= 11 is 0. The van der Waals surface area contributed by atoms with Crippen LogP contribution in [0.15, 0.2) is 0 Å². The minimum Gasteiger partial charge on any atom is -0.550 e. The average molecular weight is 287 g/mol. The lowest BCUT2D eigenvalue weighted by atomic mass is 9.78. The van der Waals surface area contributed by atoms with Crippen LogP contribution in [0.4, 0.5) is 0 Å². The molecule has 0 aromatic carbocycles. The van der Waals surface area contributed by atoms with E-state index in [-0.39, 0.29) is 0 Å². The van der Waals surface area contributed by atoms with Crippen molar-refractivity contribution in [3.05, 3.63) is 0 Å². The van der Waals surface area contributed by atoms with E-state index in [4.69, 9.17) is 0 Å². The second-order valence-electron chi connectivity index (χ2n) is 3.85. The number of carbonyl (C=O) groups excluding carboxylic acids is 5. The van der Waals surface area contributed by atoms with Gasteiger partial charge in [0.25, 0.3) is 0 Å².